The number of fused-ring (bicyclic) bond motifs is 1. The number of likely N-dealkylation sites (tertiary alicyclic amines) is 2. The molecule has 1 amide bonds. The Morgan fingerprint density at radius 2 is 1.62 bits per heavy atom. The standard InChI is InChI=1S/C26H31F3N6O.C11H21N3O.C4H8/c1-19-7-11-33(12-8-19)15-21-14-23(26(27,28)29)24-17-34(25(36)35(24)16-21)22-6-4-5-20(13-22)9-10-32(3)18-31-30-2;15-10-14-5-1-11(2-6-14)9-13-7-3-12-4-8-13;1-2-4-3-1/h4-6,13-14,16-19H,2,7-12,15H2,1,3H3;10-12H,1-9H2;1-4H2/b31-18-;;. The Labute approximate surface area is 323 Å². The number of benzene rings is 1. The topological polar surface area (TPSA) is 93.2 Å². The van der Waals surface area contributed by atoms with Crippen LogP contribution in [0.2, 0.25) is 0 Å². The molecule has 0 atom stereocenters. The zero-order valence-corrected chi connectivity index (χ0v) is 32.7. The predicted octanol–water partition coefficient (Wildman–Crippen LogP) is 5.78. The first-order chi connectivity index (χ1) is 26.5. The number of imidazole rings is 1. The molecule has 3 aliphatic heterocycles. The molecule has 0 radical (unpaired) electrons. The van der Waals surface area contributed by atoms with E-state index in [1.54, 1.807) is 24.7 Å². The third-order valence-electron chi connectivity index (χ3n) is 11.2. The van der Waals surface area contributed by atoms with E-state index in [9.17, 15) is 22.8 Å². The molecule has 4 aliphatic rings. The Balaban J connectivity index is 0.000000249. The second kappa shape index (κ2) is 20.8. The number of alkyl halides is 3. The molecule has 3 aromatic rings. The molecule has 11 nitrogen and oxygen atoms in total. The molecule has 4 fully saturated rings. The first-order valence-corrected chi connectivity index (χ1v) is 20.0. The Hall–Kier alpha value is -4.01. The van der Waals surface area contributed by atoms with Crippen LogP contribution in [-0.2, 0) is 23.9 Å². The highest BCUT2D eigenvalue weighted by Crippen LogP contribution is 2.34. The summed E-state index contributed by atoms with van der Waals surface area (Å²) < 4.78 is 44.5. The molecule has 3 saturated heterocycles. The Morgan fingerprint density at radius 1 is 0.927 bits per heavy atom. The van der Waals surface area contributed by atoms with E-state index < -0.39 is 17.4 Å². The highest BCUT2D eigenvalue weighted by molar-refractivity contribution is 5.58. The summed E-state index contributed by atoms with van der Waals surface area (Å²) >= 11 is 0. The van der Waals surface area contributed by atoms with E-state index in [2.05, 4.69) is 39.0 Å². The molecule has 1 saturated carbocycles. The molecule has 2 aromatic heterocycles. The monoisotopic (exact) mass is 767 g/mol. The average molecular weight is 768 g/mol. The highest BCUT2D eigenvalue weighted by Gasteiger charge is 2.35. The summed E-state index contributed by atoms with van der Waals surface area (Å²) in [5, 5.41) is 10.5. The smallest absolute Gasteiger partial charge is 0.364 e. The van der Waals surface area contributed by atoms with Crippen molar-refractivity contribution in [2.24, 2.45) is 22.0 Å². The predicted molar refractivity (Wildman–Crippen MR) is 214 cm³/mol. The first kappa shape index (κ1) is 42.1. The lowest BCUT2D eigenvalue weighted by molar-refractivity contribution is -0.136. The number of piperazine rings is 1. The van der Waals surface area contributed by atoms with E-state index in [1.165, 1.54) is 75.0 Å². The van der Waals surface area contributed by atoms with Crippen LogP contribution in [0.3, 0.4) is 0 Å². The van der Waals surface area contributed by atoms with Crippen molar-refractivity contribution < 1.29 is 18.0 Å². The van der Waals surface area contributed by atoms with Gasteiger partial charge in [0.2, 0.25) is 6.41 Å². The third-order valence-corrected chi connectivity index (χ3v) is 11.2. The molecule has 14 heteroatoms. The summed E-state index contributed by atoms with van der Waals surface area (Å²) in [4.78, 5) is 32.3. The van der Waals surface area contributed by atoms with Crippen LogP contribution in [-0.4, -0.2) is 121 Å². The van der Waals surface area contributed by atoms with Gasteiger partial charge in [0.15, 0.2) is 0 Å². The number of piperidine rings is 2. The highest BCUT2D eigenvalue weighted by atomic mass is 19.4. The number of nitrogens with one attached hydrogen (secondary N) is 1. The maximum Gasteiger partial charge on any atom is 0.418 e. The quantitative estimate of drug-likeness (QED) is 0.115. The SMILES string of the molecule is C1CCC1.C=N/N=C\N(C)CCc1cccc(-n2cc3c(C(F)(F)F)cc(CN4CCC(C)CC4)cn3c2=O)c1.O=CN1CCC(CN2CCNCC2)CC1. The Kier molecular flexibility index (Phi) is 15.9. The van der Waals surface area contributed by atoms with E-state index >= 15 is 0 Å². The first-order valence-electron chi connectivity index (χ1n) is 20.0. The van der Waals surface area contributed by atoms with E-state index in [1.807, 2.05) is 29.0 Å². The molecular formula is C41H60F3N9O2. The lowest BCUT2D eigenvalue weighted by Gasteiger charge is -2.34. The molecule has 5 heterocycles. The van der Waals surface area contributed by atoms with E-state index in [4.69, 9.17) is 0 Å². The van der Waals surface area contributed by atoms with Crippen LogP contribution in [0.4, 0.5) is 13.2 Å². The number of halogens is 3. The molecule has 0 spiro atoms. The van der Waals surface area contributed by atoms with Crippen LogP contribution in [0.5, 0.6) is 0 Å². The number of likely N-dealkylation sites (N-methyl/N-ethyl adjacent to an activating group) is 1. The van der Waals surface area contributed by atoms with E-state index in [0.29, 0.717) is 36.7 Å². The summed E-state index contributed by atoms with van der Waals surface area (Å²) in [7, 11) is 1.85. The number of hydrogen-bond acceptors (Lipinski definition) is 7. The molecular weight excluding hydrogens is 708 g/mol. The largest absolute Gasteiger partial charge is 0.418 e. The molecule has 1 aromatic carbocycles. The van der Waals surface area contributed by atoms with Crippen LogP contribution in [0.25, 0.3) is 11.2 Å². The average Bonchev–Trinajstić information content (AvgIpc) is 3.49. The molecule has 55 heavy (non-hydrogen) atoms. The van der Waals surface area contributed by atoms with Crippen LogP contribution >= 0.6 is 0 Å². The second-order valence-electron chi connectivity index (χ2n) is 15.6. The van der Waals surface area contributed by atoms with Gasteiger partial charge in [-0.05, 0) is 86.4 Å². The van der Waals surface area contributed by atoms with Crippen LogP contribution < -0.4 is 11.0 Å². The summed E-state index contributed by atoms with van der Waals surface area (Å²) in [6, 6.07) is 8.44. The number of nitrogens with zero attached hydrogens (tertiary/aromatic N) is 8. The molecule has 302 valence electrons. The molecule has 0 bridgehead atoms. The van der Waals surface area contributed by atoms with Crippen molar-refractivity contribution in [2.75, 3.05) is 72.5 Å². The van der Waals surface area contributed by atoms with E-state index in [0.717, 1.165) is 74.4 Å². The summed E-state index contributed by atoms with van der Waals surface area (Å²) in [5.41, 5.74) is 0.471. The third kappa shape index (κ3) is 12.8. The van der Waals surface area contributed by atoms with Gasteiger partial charge in [0.1, 0.15) is 6.34 Å². The van der Waals surface area contributed by atoms with Crippen molar-refractivity contribution in [3.8, 4) is 5.69 Å². The van der Waals surface area contributed by atoms with Gasteiger partial charge in [0, 0.05) is 85.1 Å². The van der Waals surface area contributed by atoms with Gasteiger partial charge in [-0.15, -0.1) is 5.10 Å². The van der Waals surface area contributed by atoms with Crippen molar-refractivity contribution in [1.29, 1.82) is 0 Å². The minimum absolute atomic E-state index is 0.151. The van der Waals surface area contributed by atoms with Gasteiger partial charge < -0.3 is 20.0 Å². The van der Waals surface area contributed by atoms with Crippen LogP contribution in [0.15, 0.2) is 57.7 Å². The Morgan fingerprint density at radius 3 is 2.24 bits per heavy atom. The van der Waals surface area contributed by atoms with Gasteiger partial charge >= 0.3 is 11.9 Å². The van der Waals surface area contributed by atoms with Gasteiger partial charge in [-0.2, -0.15) is 18.3 Å². The number of hydrogen-bond donors (Lipinski definition) is 1. The fraction of sp³-hybridized carbons (Fsp3) is 0.610. The van der Waals surface area contributed by atoms with Gasteiger partial charge in [-0.1, -0.05) is 44.7 Å². The minimum Gasteiger partial charge on any atom is -0.364 e. The summed E-state index contributed by atoms with van der Waals surface area (Å²) in [5.74, 6) is 1.43. The molecule has 1 aliphatic carbocycles. The number of pyridine rings is 1. The van der Waals surface area contributed by atoms with Crippen LogP contribution in [0, 0.1) is 11.8 Å². The van der Waals surface area contributed by atoms with Crippen molar-refractivity contribution >= 4 is 25.0 Å². The lowest BCUT2D eigenvalue weighted by atomic mass is 9.96. The van der Waals surface area contributed by atoms with Crippen molar-refractivity contribution in [1.82, 2.24) is 33.9 Å². The number of amides is 1. The second-order valence-corrected chi connectivity index (χ2v) is 15.6. The summed E-state index contributed by atoms with van der Waals surface area (Å²) in [6.07, 6.45) is 11.9. The molecule has 1 N–H and O–H groups in total. The number of aromatic nitrogens is 2. The van der Waals surface area contributed by atoms with Crippen molar-refractivity contribution in [2.45, 2.75) is 77.4 Å². The van der Waals surface area contributed by atoms with Gasteiger partial charge in [-0.3, -0.25) is 18.7 Å². The number of carbonyl (C=O) groups is 1. The van der Waals surface area contributed by atoms with Crippen molar-refractivity contribution in [3.05, 3.63) is 69.9 Å². The van der Waals surface area contributed by atoms with E-state index in [-0.39, 0.29) is 5.52 Å². The molecule has 0 unspecified atom stereocenters. The van der Waals surface area contributed by atoms with Gasteiger partial charge in [0.25, 0.3) is 0 Å². The number of rotatable bonds is 11. The zero-order valence-electron chi connectivity index (χ0n) is 32.7. The zero-order chi connectivity index (χ0) is 39.2. The molecule has 7 rings (SSSR count). The normalized spacial score (nSPS) is 19.0. The fourth-order valence-corrected chi connectivity index (χ4v) is 7.32. The Bertz CT molecular complexity index is 1730. The maximum atomic E-state index is 14.0. The number of carbonyl (C=O) groups excluding carboxylic acids is 1. The van der Waals surface area contributed by atoms with Gasteiger partial charge in [0.05, 0.1) is 16.8 Å². The maximum absolute atomic E-state index is 14.0. The lowest BCUT2D eigenvalue weighted by Crippen LogP contribution is -2.46. The van der Waals surface area contributed by atoms with Crippen LogP contribution in [0.1, 0.15) is 75.0 Å². The fourth-order valence-electron chi connectivity index (χ4n) is 7.32. The van der Waals surface area contributed by atoms with Crippen molar-refractivity contribution in [3.63, 3.8) is 0 Å². The summed E-state index contributed by atoms with van der Waals surface area (Å²) in [6.45, 7) is 16.0. The minimum atomic E-state index is -4.58. The van der Waals surface area contributed by atoms with Gasteiger partial charge in [-0.25, -0.2) is 4.79 Å².